The Balaban J connectivity index is 1.25. The van der Waals surface area contributed by atoms with Crippen molar-refractivity contribution in [2.45, 2.75) is 0 Å². The summed E-state index contributed by atoms with van der Waals surface area (Å²) in [5.74, 6) is 1.32. The number of rotatable bonds is 3. The zero-order valence-electron chi connectivity index (χ0n) is 14.7. The van der Waals surface area contributed by atoms with Gasteiger partial charge < -0.3 is 20.1 Å². The van der Waals surface area contributed by atoms with Crippen molar-refractivity contribution in [3.05, 3.63) is 60.2 Å². The minimum absolute atomic E-state index is 0.327. The van der Waals surface area contributed by atoms with Gasteiger partial charge in [-0.15, -0.1) is 11.3 Å². The molecule has 0 saturated heterocycles. The third-order valence-corrected chi connectivity index (χ3v) is 5.10. The Hall–Kier alpha value is -3.52. The molecular weight excluding hydrogens is 376 g/mol. The van der Waals surface area contributed by atoms with Crippen molar-refractivity contribution in [1.82, 2.24) is 9.38 Å². The Kier molecular flexibility index (Phi) is 4.10. The van der Waals surface area contributed by atoms with E-state index >= 15 is 0 Å². The second-order valence-corrected chi connectivity index (χ2v) is 7.11. The van der Waals surface area contributed by atoms with E-state index in [4.69, 9.17) is 9.47 Å². The maximum atomic E-state index is 12.3. The SMILES string of the molecule is O=C(Nc1ccc(-c2cn3ccsc3n2)cc1)Nc1ccc2c(c1)OCCO2. The highest BCUT2D eigenvalue weighted by Gasteiger charge is 2.13. The molecule has 3 heterocycles. The number of aromatic nitrogens is 2. The number of hydrogen-bond acceptors (Lipinski definition) is 5. The van der Waals surface area contributed by atoms with Crippen LogP contribution in [0.3, 0.4) is 0 Å². The van der Waals surface area contributed by atoms with Gasteiger partial charge in [0.1, 0.15) is 13.2 Å². The number of nitrogens with one attached hydrogen (secondary N) is 2. The first-order chi connectivity index (χ1) is 13.7. The lowest BCUT2D eigenvalue weighted by atomic mass is 10.1. The lowest BCUT2D eigenvalue weighted by Crippen LogP contribution is -2.20. The van der Waals surface area contributed by atoms with Crippen molar-refractivity contribution in [2.75, 3.05) is 23.8 Å². The Bertz CT molecular complexity index is 1120. The molecule has 0 fully saturated rings. The first-order valence-electron chi connectivity index (χ1n) is 8.75. The van der Waals surface area contributed by atoms with Crippen LogP contribution in [0.5, 0.6) is 11.5 Å². The van der Waals surface area contributed by atoms with Crippen LogP contribution in [-0.2, 0) is 0 Å². The Morgan fingerprint density at radius 2 is 1.75 bits per heavy atom. The fourth-order valence-electron chi connectivity index (χ4n) is 3.01. The van der Waals surface area contributed by atoms with E-state index in [0.29, 0.717) is 36.1 Å². The number of amides is 2. The zero-order chi connectivity index (χ0) is 18.9. The molecule has 0 saturated carbocycles. The number of fused-ring (bicyclic) bond motifs is 2. The number of carbonyl (C=O) groups excluding carboxylic acids is 1. The topological polar surface area (TPSA) is 76.9 Å². The summed E-state index contributed by atoms with van der Waals surface area (Å²) < 4.78 is 13.0. The van der Waals surface area contributed by atoms with Gasteiger partial charge in [-0.1, -0.05) is 12.1 Å². The predicted octanol–water partition coefficient (Wildman–Crippen LogP) is 4.48. The van der Waals surface area contributed by atoms with E-state index in [1.807, 2.05) is 46.4 Å². The molecule has 2 N–H and O–H groups in total. The van der Waals surface area contributed by atoms with E-state index in [0.717, 1.165) is 16.2 Å². The largest absolute Gasteiger partial charge is 0.486 e. The summed E-state index contributed by atoms with van der Waals surface area (Å²) in [6, 6.07) is 12.6. The molecule has 0 spiro atoms. The van der Waals surface area contributed by atoms with Crippen molar-refractivity contribution in [2.24, 2.45) is 0 Å². The number of urea groups is 1. The molecule has 140 valence electrons. The fourth-order valence-corrected chi connectivity index (χ4v) is 3.71. The van der Waals surface area contributed by atoms with Crippen LogP contribution in [0.2, 0.25) is 0 Å². The third-order valence-electron chi connectivity index (χ3n) is 4.33. The van der Waals surface area contributed by atoms with Crippen molar-refractivity contribution in [3.8, 4) is 22.8 Å². The van der Waals surface area contributed by atoms with Crippen LogP contribution < -0.4 is 20.1 Å². The van der Waals surface area contributed by atoms with Crippen molar-refractivity contribution >= 4 is 33.7 Å². The van der Waals surface area contributed by atoms with Crippen LogP contribution in [0.4, 0.5) is 16.2 Å². The number of hydrogen-bond donors (Lipinski definition) is 2. The van der Waals surface area contributed by atoms with Crippen molar-refractivity contribution in [1.29, 1.82) is 0 Å². The van der Waals surface area contributed by atoms with Gasteiger partial charge in [-0.05, 0) is 24.3 Å². The minimum Gasteiger partial charge on any atom is -0.486 e. The van der Waals surface area contributed by atoms with E-state index in [-0.39, 0.29) is 6.03 Å². The zero-order valence-corrected chi connectivity index (χ0v) is 15.5. The van der Waals surface area contributed by atoms with Crippen LogP contribution in [-0.4, -0.2) is 28.6 Å². The number of anilines is 2. The summed E-state index contributed by atoms with van der Waals surface area (Å²) in [6.45, 7) is 1.04. The number of benzene rings is 2. The molecule has 4 aromatic rings. The monoisotopic (exact) mass is 392 g/mol. The standard InChI is InChI=1S/C20H16N4O3S/c25-19(22-15-5-6-17-18(11-15)27-9-8-26-17)21-14-3-1-13(2-4-14)16-12-24-7-10-28-20(24)23-16/h1-7,10-12H,8-9H2,(H2,21,22,25). The number of ether oxygens (including phenoxy) is 2. The molecule has 0 radical (unpaired) electrons. The van der Waals surface area contributed by atoms with Gasteiger partial charge in [0.15, 0.2) is 16.5 Å². The molecule has 1 aliphatic rings. The van der Waals surface area contributed by atoms with Crippen LogP contribution in [0.15, 0.2) is 60.2 Å². The van der Waals surface area contributed by atoms with E-state index in [9.17, 15) is 4.79 Å². The van der Waals surface area contributed by atoms with E-state index < -0.39 is 0 Å². The van der Waals surface area contributed by atoms with Gasteiger partial charge in [0.25, 0.3) is 0 Å². The molecule has 2 aromatic heterocycles. The van der Waals surface area contributed by atoms with Crippen LogP contribution in [0.1, 0.15) is 0 Å². The lowest BCUT2D eigenvalue weighted by molar-refractivity contribution is 0.171. The molecule has 28 heavy (non-hydrogen) atoms. The van der Waals surface area contributed by atoms with E-state index in [1.165, 1.54) is 0 Å². The molecule has 2 amide bonds. The van der Waals surface area contributed by atoms with Gasteiger partial charge in [-0.3, -0.25) is 4.40 Å². The van der Waals surface area contributed by atoms with Crippen LogP contribution in [0.25, 0.3) is 16.2 Å². The maximum absolute atomic E-state index is 12.3. The summed E-state index contributed by atoms with van der Waals surface area (Å²) in [6.07, 6.45) is 3.97. The highest BCUT2D eigenvalue weighted by molar-refractivity contribution is 7.15. The van der Waals surface area contributed by atoms with Gasteiger partial charge in [-0.2, -0.15) is 0 Å². The molecule has 8 heteroatoms. The second kappa shape index (κ2) is 6.90. The van der Waals surface area contributed by atoms with Crippen molar-refractivity contribution < 1.29 is 14.3 Å². The summed E-state index contributed by atoms with van der Waals surface area (Å²) in [4.78, 5) is 17.8. The Morgan fingerprint density at radius 3 is 2.57 bits per heavy atom. The van der Waals surface area contributed by atoms with E-state index in [1.54, 1.807) is 29.5 Å². The van der Waals surface area contributed by atoms with Gasteiger partial charge >= 0.3 is 6.03 Å². The highest BCUT2D eigenvalue weighted by Crippen LogP contribution is 2.32. The van der Waals surface area contributed by atoms with Gasteiger partial charge in [0.2, 0.25) is 0 Å². The van der Waals surface area contributed by atoms with Crippen molar-refractivity contribution in [3.63, 3.8) is 0 Å². The van der Waals surface area contributed by atoms with Gasteiger partial charge in [-0.25, -0.2) is 9.78 Å². The second-order valence-electron chi connectivity index (χ2n) is 6.23. The number of carbonyl (C=O) groups is 1. The highest BCUT2D eigenvalue weighted by atomic mass is 32.1. The number of imidazole rings is 1. The molecular formula is C20H16N4O3S. The number of nitrogens with zero attached hydrogens (tertiary/aromatic N) is 2. The molecule has 0 unspecified atom stereocenters. The summed E-state index contributed by atoms with van der Waals surface area (Å²) in [5.41, 5.74) is 3.23. The molecule has 7 nitrogen and oxygen atoms in total. The average molecular weight is 392 g/mol. The van der Waals surface area contributed by atoms with E-state index in [2.05, 4.69) is 15.6 Å². The Morgan fingerprint density at radius 1 is 1.00 bits per heavy atom. The average Bonchev–Trinajstić information content (AvgIpc) is 3.31. The van der Waals surface area contributed by atoms with Gasteiger partial charge in [0.05, 0.1) is 5.69 Å². The lowest BCUT2D eigenvalue weighted by Gasteiger charge is -2.19. The van der Waals surface area contributed by atoms with Gasteiger partial charge in [0, 0.05) is 40.8 Å². The third kappa shape index (κ3) is 3.25. The molecule has 2 aromatic carbocycles. The van der Waals surface area contributed by atoms with Crippen LogP contribution in [0, 0.1) is 0 Å². The first-order valence-corrected chi connectivity index (χ1v) is 9.63. The summed E-state index contributed by atoms with van der Waals surface area (Å²) in [5, 5.41) is 7.63. The molecule has 1 aliphatic heterocycles. The predicted molar refractivity (Wildman–Crippen MR) is 109 cm³/mol. The number of thiazole rings is 1. The Labute approximate surface area is 164 Å². The van der Waals surface area contributed by atoms with Crippen LogP contribution >= 0.6 is 11.3 Å². The molecule has 0 aliphatic carbocycles. The molecule has 5 rings (SSSR count). The molecule has 0 bridgehead atoms. The fraction of sp³-hybridized carbons (Fsp3) is 0.100. The maximum Gasteiger partial charge on any atom is 0.323 e. The normalized spacial score (nSPS) is 12.7. The smallest absolute Gasteiger partial charge is 0.323 e. The summed E-state index contributed by atoms with van der Waals surface area (Å²) >= 11 is 1.59. The molecule has 0 atom stereocenters. The first kappa shape index (κ1) is 16.6. The quantitative estimate of drug-likeness (QED) is 0.539. The minimum atomic E-state index is -0.327. The summed E-state index contributed by atoms with van der Waals surface area (Å²) in [7, 11) is 0.